The molecule has 0 atom stereocenters. The van der Waals surface area contributed by atoms with Crippen LogP contribution in [-0.2, 0) is 11.3 Å². The van der Waals surface area contributed by atoms with Crippen LogP contribution >= 0.6 is 0 Å². The molecule has 0 unspecified atom stereocenters. The molecule has 2 fully saturated rings. The highest BCUT2D eigenvalue weighted by Crippen LogP contribution is 2.29. The average Bonchev–Trinajstić information content (AvgIpc) is 2.90. The van der Waals surface area contributed by atoms with Crippen LogP contribution in [0.1, 0.15) is 30.1 Å². The van der Waals surface area contributed by atoms with Crippen molar-refractivity contribution in [1.29, 1.82) is 0 Å². The summed E-state index contributed by atoms with van der Waals surface area (Å²) in [7, 11) is 1.65. The number of nitrogens with zero attached hydrogens (tertiary/aromatic N) is 6. The summed E-state index contributed by atoms with van der Waals surface area (Å²) in [5, 5.41) is 0. The Bertz CT molecular complexity index is 1070. The van der Waals surface area contributed by atoms with E-state index >= 15 is 0 Å². The Labute approximate surface area is 199 Å². The van der Waals surface area contributed by atoms with Crippen LogP contribution in [0.2, 0.25) is 0 Å². The first kappa shape index (κ1) is 22.5. The molecule has 3 aromatic rings. The van der Waals surface area contributed by atoms with E-state index in [4.69, 9.17) is 24.2 Å². The first-order valence-corrected chi connectivity index (χ1v) is 11.8. The third kappa shape index (κ3) is 5.60. The Morgan fingerprint density at radius 2 is 1.71 bits per heavy atom. The maximum atomic E-state index is 5.91. The lowest BCUT2D eigenvalue weighted by atomic mass is 9.94. The molecule has 0 amide bonds. The first-order valence-electron chi connectivity index (χ1n) is 11.8. The maximum absolute atomic E-state index is 5.91. The Morgan fingerprint density at radius 3 is 2.47 bits per heavy atom. The van der Waals surface area contributed by atoms with E-state index in [1.165, 1.54) is 0 Å². The molecule has 0 radical (unpaired) electrons. The van der Waals surface area contributed by atoms with E-state index in [0.29, 0.717) is 17.5 Å². The largest absolute Gasteiger partial charge is 0.497 e. The summed E-state index contributed by atoms with van der Waals surface area (Å²) in [5.74, 6) is 3.19. The van der Waals surface area contributed by atoms with Crippen molar-refractivity contribution in [3.8, 4) is 17.4 Å². The molecule has 2 aliphatic heterocycles. The molecule has 0 spiro atoms. The van der Waals surface area contributed by atoms with Crippen LogP contribution in [0.25, 0.3) is 0 Å². The standard InChI is InChI=1S/C25H30N6O3/c1-32-21-2-4-22(5-3-21)34-24-17-26-16-23(29-24)19-7-10-30(11-8-19)18-20-6-9-27-25(28-20)31-12-14-33-15-13-31/h2-6,9,16-17,19H,7-8,10-15,18H2,1H3. The van der Waals surface area contributed by atoms with Gasteiger partial charge in [-0.05, 0) is 56.3 Å². The molecule has 5 rings (SSSR count). The van der Waals surface area contributed by atoms with Crippen molar-refractivity contribution in [2.45, 2.75) is 25.3 Å². The number of ether oxygens (including phenoxy) is 3. The Balaban J connectivity index is 1.16. The van der Waals surface area contributed by atoms with Gasteiger partial charge in [0.1, 0.15) is 11.5 Å². The van der Waals surface area contributed by atoms with Crippen molar-refractivity contribution in [1.82, 2.24) is 24.8 Å². The summed E-state index contributed by atoms with van der Waals surface area (Å²) in [5.41, 5.74) is 2.05. The van der Waals surface area contributed by atoms with E-state index in [1.54, 1.807) is 13.3 Å². The molecule has 178 valence electrons. The summed E-state index contributed by atoms with van der Waals surface area (Å²) < 4.78 is 16.5. The molecule has 1 aromatic carbocycles. The minimum absolute atomic E-state index is 0.373. The lowest BCUT2D eigenvalue weighted by Crippen LogP contribution is -2.37. The fourth-order valence-corrected chi connectivity index (χ4v) is 4.38. The summed E-state index contributed by atoms with van der Waals surface area (Å²) >= 11 is 0. The second-order valence-electron chi connectivity index (χ2n) is 8.56. The summed E-state index contributed by atoms with van der Waals surface area (Å²) in [6, 6.07) is 9.47. The van der Waals surface area contributed by atoms with E-state index in [-0.39, 0.29) is 0 Å². The molecular formula is C25H30N6O3. The monoisotopic (exact) mass is 462 g/mol. The van der Waals surface area contributed by atoms with Crippen molar-refractivity contribution >= 4 is 5.95 Å². The zero-order chi connectivity index (χ0) is 23.2. The summed E-state index contributed by atoms with van der Waals surface area (Å²) in [4.78, 5) is 23.0. The molecule has 2 aliphatic rings. The van der Waals surface area contributed by atoms with Crippen molar-refractivity contribution < 1.29 is 14.2 Å². The molecule has 9 nitrogen and oxygen atoms in total. The number of methoxy groups -OCH3 is 1. The van der Waals surface area contributed by atoms with Gasteiger partial charge in [-0.3, -0.25) is 9.88 Å². The van der Waals surface area contributed by atoms with E-state index < -0.39 is 0 Å². The minimum atomic E-state index is 0.373. The van der Waals surface area contributed by atoms with Crippen LogP contribution in [0.4, 0.5) is 5.95 Å². The third-order valence-corrected chi connectivity index (χ3v) is 6.30. The third-order valence-electron chi connectivity index (χ3n) is 6.30. The number of hydrogen-bond acceptors (Lipinski definition) is 9. The van der Waals surface area contributed by atoms with Gasteiger partial charge in [-0.25, -0.2) is 15.0 Å². The van der Waals surface area contributed by atoms with E-state index in [1.807, 2.05) is 42.7 Å². The Hall–Kier alpha value is -3.30. The normalized spacial score (nSPS) is 17.5. The van der Waals surface area contributed by atoms with Gasteiger partial charge in [0.2, 0.25) is 11.8 Å². The number of anilines is 1. The number of morpholine rings is 1. The van der Waals surface area contributed by atoms with E-state index in [9.17, 15) is 0 Å². The zero-order valence-electron chi connectivity index (χ0n) is 19.5. The van der Waals surface area contributed by atoms with Crippen molar-refractivity contribution in [3.63, 3.8) is 0 Å². The molecule has 0 aliphatic carbocycles. The zero-order valence-corrected chi connectivity index (χ0v) is 19.5. The highest BCUT2D eigenvalue weighted by Gasteiger charge is 2.23. The quantitative estimate of drug-likeness (QED) is 0.525. The van der Waals surface area contributed by atoms with E-state index in [2.05, 4.69) is 19.8 Å². The fourth-order valence-electron chi connectivity index (χ4n) is 4.38. The van der Waals surface area contributed by atoms with Crippen LogP contribution in [0.15, 0.2) is 48.9 Å². The molecular weight excluding hydrogens is 432 g/mol. The number of benzene rings is 1. The van der Waals surface area contributed by atoms with Gasteiger partial charge in [0.05, 0.1) is 37.9 Å². The van der Waals surface area contributed by atoms with Gasteiger partial charge in [-0.2, -0.15) is 0 Å². The van der Waals surface area contributed by atoms with Gasteiger partial charge >= 0.3 is 0 Å². The molecule has 2 saturated heterocycles. The van der Waals surface area contributed by atoms with Crippen LogP contribution in [0.3, 0.4) is 0 Å². The second kappa shape index (κ2) is 10.8. The summed E-state index contributed by atoms with van der Waals surface area (Å²) in [6.45, 7) is 5.97. The van der Waals surface area contributed by atoms with Crippen LogP contribution in [0.5, 0.6) is 17.4 Å². The first-order chi connectivity index (χ1) is 16.8. The maximum Gasteiger partial charge on any atom is 0.238 e. The lowest BCUT2D eigenvalue weighted by Gasteiger charge is -2.31. The SMILES string of the molecule is COc1ccc(Oc2cncc(C3CCN(Cc4ccnc(N5CCOCC5)n4)CC3)n2)cc1. The smallest absolute Gasteiger partial charge is 0.238 e. The van der Waals surface area contributed by atoms with Gasteiger partial charge in [-0.1, -0.05) is 0 Å². The molecule has 0 saturated carbocycles. The minimum Gasteiger partial charge on any atom is -0.497 e. The molecule has 34 heavy (non-hydrogen) atoms. The molecule has 2 aromatic heterocycles. The van der Waals surface area contributed by atoms with Crippen molar-refractivity contribution in [2.24, 2.45) is 0 Å². The molecule has 0 N–H and O–H groups in total. The van der Waals surface area contributed by atoms with Crippen LogP contribution in [-0.4, -0.2) is 71.3 Å². The molecule has 0 bridgehead atoms. The number of likely N-dealkylation sites (tertiary alicyclic amines) is 1. The second-order valence-corrected chi connectivity index (χ2v) is 8.56. The van der Waals surface area contributed by atoms with Gasteiger partial charge in [0.15, 0.2) is 0 Å². The summed E-state index contributed by atoms with van der Waals surface area (Å²) in [6.07, 6.45) is 7.44. The highest BCUT2D eigenvalue weighted by molar-refractivity contribution is 5.33. The highest BCUT2D eigenvalue weighted by atomic mass is 16.5. The number of hydrogen-bond donors (Lipinski definition) is 0. The average molecular weight is 463 g/mol. The molecule has 4 heterocycles. The number of rotatable bonds is 7. The number of aromatic nitrogens is 4. The Morgan fingerprint density at radius 1 is 0.941 bits per heavy atom. The predicted octanol–water partition coefficient (Wildman–Crippen LogP) is 3.28. The van der Waals surface area contributed by atoms with E-state index in [0.717, 1.165) is 81.9 Å². The van der Waals surface area contributed by atoms with Crippen molar-refractivity contribution in [2.75, 3.05) is 51.4 Å². The predicted molar refractivity (Wildman–Crippen MR) is 127 cm³/mol. The van der Waals surface area contributed by atoms with Crippen LogP contribution < -0.4 is 14.4 Å². The topological polar surface area (TPSA) is 85.7 Å². The Kier molecular flexibility index (Phi) is 7.11. The van der Waals surface area contributed by atoms with Gasteiger partial charge in [0, 0.05) is 37.9 Å². The van der Waals surface area contributed by atoms with Crippen molar-refractivity contribution in [3.05, 3.63) is 60.3 Å². The number of piperidine rings is 1. The van der Waals surface area contributed by atoms with Gasteiger partial charge in [-0.15, -0.1) is 0 Å². The fraction of sp³-hybridized carbons (Fsp3) is 0.440. The lowest BCUT2D eigenvalue weighted by molar-refractivity contribution is 0.122. The van der Waals surface area contributed by atoms with Gasteiger partial charge in [0.25, 0.3) is 0 Å². The molecule has 9 heteroatoms. The van der Waals surface area contributed by atoms with Crippen LogP contribution in [0, 0.1) is 0 Å². The van der Waals surface area contributed by atoms with Gasteiger partial charge < -0.3 is 19.1 Å².